The smallest absolute Gasteiger partial charge is 0.341 e. The van der Waals surface area contributed by atoms with Crippen LogP contribution in [-0.4, -0.2) is 16.2 Å². The number of carbonyl (C=O) groups is 1. The number of aromatic carboxylic acids is 1. The average molecular weight is 206 g/mol. The van der Waals surface area contributed by atoms with E-state index in [1.54, 1.807) is 0 Å². The van der Waals surface area contributed by atoms with E-state index in [2.05, 4.69) is 0 Å². The van der Waals surface area contributed by atoms with Gasteiger partial charge in [0.15, 0.2) is 11.6 Å². The van der Waals surface area contributed by atoms with E-state index >= 15 is 0 Å². The van der Waals surface area contributed by atoms with Crippen molar-refractivity contribution in [3.05, 3.63) is 34.6 Å². The van der Waals surface area contributed by atoms with Gasteiger partial charge in [0.2, 0.25) is 0 Å². The summed E-state index contributed by atoms with van der Waals surface area (Å²) in [6.07, 6.45) is 0. The van der Waals surface area contributed by atoms with Crippen LogP contribution in [0.5, 0.6) is 0 Å². The molecule has 0 aliphatic carbocycles. The number of carboxylic acids is 1. The van der Waals surface area contributed by atoms with Crippen LogP contribution in [0.15, 0.2) is 6.07 Å². The molecule has 0 heterocycles. The third kappa shape index (κ3) is 1.56. The van der Waals surface area contributed by atoms with E-state index in [1.807, 2.05) is 0 Å². The Labute approximate surface area is 76.4 Å². The molecular weight excluding hydrogens is 201 g/mol. The third-order valence-corrected chi connectivity index (χ3v) is 1.62. The maximum atomic E-state index is 12.9. The Kier molecular flexibility index (Phi) is 2.76. The summed E-state index contributed by atoms with van der Waals surface area (Å²) in [6.45, 7) is -0.903. The highest BCUT2D eigenvalue weighted by Crippen LogP contribution is 2.20. The van der Waals surface area contributed by atoms with Gasteiger partial charge in [-0.05, 0) is 6.07 Å². The molecule has 14 heavy (non-hydrogen) atoms. The number of benzene rings is 1. The Morgan fingerprint density at radius 2 is 1.86 bits per heavy atom. The first-order valence-electron chi connectivity index (χ1n) is 3.49. The quantitative estimate of drug-likeness (QED) is 0.717. The molecule has 6 heteroatoms. The van der Waals surface area contributed by atoms with Crippen molar-refractivity contribution in [2.45, 2.75) is 6.61 Å². The number of rotatable bonds is 2. The van der Waals surface area contributed by atoms with Gasteiger partial charge in [-0.15, -0.1) is 0 Å². The molecule has 1 rings (SSSR count). The van der Waals surface area contributed by atoms with Crippen LogP contribution >= 0.6 is 0 Å². The lowest BCUT2D eigenvalue weighted by molar-refractivity contribution is 0.0684. The summed E-state index contributed by atoms with van der Waals surface area (Å²) < 4.78 is 38.5. The summed E-state index contributed by atoms with van der Waals surface area (Å²) in [6, 6.07) is 0.446. The zero-order valence-corrected chi connectivity index (χ0v) is 6.72. The molecule has 0 unspecified atom stereocenters. The molecule has 0 bridgehead atoms. The van der Waals surface area contributed by atoms with Gasteiger partial charge in [-0.1, -0.05) is 0 Å². The molecule has 0 aliphatic rings. The maximum Gasteiger partial charge on any atom is 0.341 e. The molecule has 0 aliphatic heterocycles. The van der Waals surface area contributed by atoms with Crippen molar-refractivity contribution in [1.82, 2.24) is 0 Å². The number of halogens is 3. The first-order valence-corrected chi connectivity index (χ1v) is 3.49. The molecule has 76 valence electrons. The Morgan fingerprint density at radius 1 is 1.29 bits per heavy atom. The molecular formula is C8H5F3O3. The van der Waals surface area contributed by atoms with Crippen molar-refractivity contribution in [3.8, 4) is 0 Å². The van der Waals surface area contributed by atoms with Gasteiger partial charge >= 0.3 is 5.97 Å². The van der Waals surface area contributed by atoms with Gasteiger partial charge < -0.3 is 10.2 Å². The fourth-order valence-electron chi connectivity index (χ4n) is 0.955. The van der Waals surface area contributed by atoms with Gasteiger partial charge in [0.25, 0.3) is 0 Å². The second kappa shape index (κ2) is 3.67. The van der Waals surface area contributed by atoms with Crippen LogP contribution < -0.4 is 0 Å². The number of hydrogen-bond acceptors (Lipinski definition) is 2. The topological polar surface area (TPSA) is 57.5 Å². The normalized spacial score (nSPS) is 10.3. The van der Waals surface area contributed by atoms with Crippen molar-refractivity contribution >= 4 is 5.97 Å². The number of carboxylic acid groups (broad SMARTS) is 1. The summed E-state index contributed by atoms with van der Waals surface area (Å²) in [4.78, 5) is 10.3. The molecule has 1 aromatic rings. The third-order valence-electron chi connectivity index (χ3n) is 1.62. The fourth-order valence-corrected chi connectivity index (χ4v) is 0.955. The lowest BCUT2D eigenvalue weighted by Crippen LogP contribution is -2.09. The zero-order valence-electron chi connectivity index (χ0n) is 6.72. The van der Waals surface area contributed by atoms with Crippen LogP contribution in [0, 0.1) is 17.5 Å². The van der Waals surface area contributed by atoms with Crippen molar-refractivity contribution in [3.63, 3.8) is 0 Å². The molecule has 0 aromatic heterocycles. The van der Waals surface area contributed by atoms with Crippen LogP contribution in [0.25, 0.3) is 0 Å². The van der Waals surface area contributed by atoms with Crippen LogP contribution in [0.3, 0.4) is 0 Å². The van der Waals surface area contributed by atoms with E-state index < -0.39 is 41.2 Å². The van der Waals surface area contributed by atoms with E-state index in [0.717, 1.165) is 0 Å². The predicted octanol–water partition coefficient (Wildman–Crippen LogP) is 1.29. The van der Waals surface area contributed by atoms with E-state index in [1.165, 1.54) is 0 Å². The van der Waals surface area contributed by atoms with E-state index in [4.69, 9.17) is 10.2 Å². The minimum atomic E-state index is -1.90. The molecule has 0 amide bonds. The molecule has 0 atom stereocenters. The molecule has 0 fully saturated rings. The lowest BCUT2D eigenvalue weighted by atomic mass is 10.1. The fraction of sp³-hybridized carbons (Fsp3) is 0.125. The Balaban J connectivity index is 3.49. The zero-order chi connectivity index (χ0) is 10.9. The monoisotopic (exact) mass is 206 g/mol. The molecule has 0 spiro atoms. The lowest BCUT2D eigenvalue weighted by Gasteiger charge is -2.04. The Bertz CT molecular complexity index is 390. The summed E-state index contributed by atoms with van der Waals surface area (Å²) in [5.74, 6) is -6.67. The van der Waals surface area contributed by atoms with Crippen LogP contribution in [0.2, 0.25) is 0 Å². The summed E-state index contributed by atoms with van der Waals surface area (Å²) in [7, 11) is 0. The second-order valence-corrected chi connectivity index (χ2v) is 2.48. The van der Waals surface area contributed by atoms with Crippen molar-refractivity contribution in [1.29, 1.82) is 0 Å². The number of aliphatic hydroxyl groups excluding tert-OH is 1. The van der Waals surface area contributed by atoms with Gasteiger partial charge in [0, 0.05) is 5.56 Å². The molecule has 0 saturated heterocycles. The van der Waals surface area contributed by atoms with E-state index in [-0.39, 0.29) is 0 Å². The van der Waals surface area contributed by atoms with Gasteiger partial charge in [-0.25, -0.2) is 18.0 Å². The first kappa shape index (κ1) is 10.5. The first-order chi connectivity index (χ1) is 6.49. The highest BCUT2D eigenvalue weighted by Gasteiger charge is 2.22. The molecule has 1 aromatic carbocycles. The number of aliphatic hydroxyl groups is 1. The molecule has 0 radical (unpaired) electrons. The van der Waals surface area contributed by atoms with Gasteiger partial charge in [-0.2, -0.15) is 0 Å². The van der Waals surface area contributed by atoms with Crippen molar-refractivity contribution in [2.24, 2.45) is 0 Å². The minimum absolute atomic E-state index is 0.446. The maximum absolute atomic E-state index is 12.9. The molecule has 0 saturated carbocycles. The van der Waals surface area contributed by atoms with E-state index in [9.17, 15) is 18.0 Å². The summed E-state index contributed by atoms with van der Waals surface area (Å²) >= 11 is 0. The standard InChI is InChI=1S/C8H5F3O3/c9-4-1-3(2-12)6(10)7(11)5(4)8(13)14/h1,12H,2H2,(H,13,14). The average Bonchev–Trinajstić information content (AvgIpc) is 2.10. The van der Waals surface area contributed by atoms with Crippen molar-refractivity contribution < 1.29 is 28.2 Å². The van der Waals surface area contributed by atoms with Crippen LogP contribution in [0.4, 0.5) is 13.2 Å². The minimum Gasteiger partial charge on any atom is -0.477 e. The van der Waals surface area contributed by atoms with Crippen LogP contribution in [-0.2, 0) is 6.61 Å². The van der Waals surface area contributed by atoms with E-state index in [0.29, 0.717) is 6.07 Å². The molecule has 3 nitrogen and oxygen atoms in total. The summed E-state index contributed by atoms with van der Waals surface area (Å²) in [5.41, 5.74) is -1.98. The number of hydrogen-bond donors (Lipinski definition) is 2. The van der Waals surface area contributed by atoms with Crippen molar-refractivity contribution in [2.75, 3.05) is 0 Å². The predicted molar refractivity (Wildman–Crippen MR) is 39.2 cm³/mol. The second-order valence-electron chi connectivity index (χ2n) is 2.48. The highest BCUT2D eigenvalue weighted by molar-refractivity contribution is 5.88. The van der Waals surface area contributed by atoms with Crippen LogP contribution in [0.1, 0.15) is 15.9 Å². The largest absolute Gasteiger partial charge is 0.477 e. The van der Waals surface area contributed by atoms with Gasteiger partial charge in [0.1, 0.15) is 11.4 Å². The molecule has 2 N–H and O–H groups in total. The van der Waals surface area contributed by atoms with Gasteiger partial charge in [-0.3, -0.25) is 0 Å². The highest BCUT2D eigenvalue weighted by atomic mass is 19.2. The Morgan fingerprint density at radius 3 is 2.29 bits per heavy atom. The van der Waals surface area contributed by atoms with Gasteiger partial charge in [0.05, 0.1) is 6.61 Å². The SMILES string of the molecule is O=C(O)c1c(F)cc(CO)c(F)c1F. The summed E-state index contributed by atoms with van der Waals surface area (Å²) in [5, 5.41) is 16.8. The Hall–Kier alpha value is -1.56.